The highest BCUT2D eigenvalue weighted by molar-refractivity contribution is 9.11. The highest BCUT2D eigenvalue weighted by Gasteiger charge is 2.84. The number of carboxylic acid groups (broad SMARTS) is 1. The Balaban J connectivity index is 1.49. The third kappa shape index (κ3) is 3.58. The molecule has 0 radical (unpaired) electrons. The van der Waals surface area contributed by atoms with E-state index in [1.54, 1.807) is 6.92 Å². The Bertz CT molecular complexity index is 1030. The van der Waals surface area contributed by atoms with E-state index in [2.05, 4.69) is 35.5 Å². The summed E-state index contributed by atoms with van der Waals surface area (Å²) in [5.74, 6) is -0.447. The minimum absolute atomic E-state index is 0.0209. The summed E-state index contributed by atoms with van der Waals surface area (Å²) in [6.45, 7) is 11.9. The van der Waals surface area contributed by atoms with Crippen molar-refractivity contribution in [3.8, 4) is 0 Å². The van der Waals surface area contributed by atoms with Crippen molar-refractivity contribution < 1.29 is 39.1 Å². The zero-order valence-electron chi connectivity index (χ0n) is 22.6. The van der Waals surface area contributed by atoms with Gasteiger partial charge in [0.25, 0.3) is 0 Å². The van der Waals surface area contributed by atoms with E-state index in [0.29, 0.717) is 23.2 Å². The molecule has 9 heteroatoms. The molecule has 12 atom stereocenters. The zero-order valence-corrected chi connectivity index (χ0v) is 24.2. The first kappa shape index (κ1) is 28.4. The fourth-order valence-electron chi connectivity index (χ4n) is 9.43. The number of hydrogen-bond donors (Lipinski definition) is 3. The number of halogens is 1. The first-order chi connectivity index (χ1) is 17.9. The SMILES string of the molecule is C=C(Br)CO[C@H]1[C@@H](O)[C@H](O)[C@H](OC[C@]23C[C@H]4[C@@H](C)CC[C@@H]4[C@]4(C=O)C[C@H]2C=C(C(C)C)[C@]34C(=O)O)O[C@@H]1C. The van der Waals surface area contributed by atoms with Crippen LogP contribution in [-0.4, -0.2) is 71.5 Å². The highest BCUT2D eigenvalue weighted by atomic mass is 79.9. The number of carboxylic acids is 1. The first-order valence-corrected chi connectivity index (χ1v) is 14.7. The predicted molar refractivity (Wildman–Crippen MR) is 142 cm³/mol. The summed E-state index contributed by atoms with van der Waals surface area (Å²) < 4.78 is 18.6. The molecule has 3 saturated carbocycles. The van der Waals surface area contributed by atoms with Gasteiger partial charge in [-0.3, -0.25) is 4.79 Å². The molecular formula is C29H41BrO8. The van der Waals surface area contributed by atoms with Crippen molar-refractivity contribution in [2.75, 3.05) is 13.2 Å². The maximum Gasteiger partial charge on any atom is 0.315 e. The second-order valence-electron chi connectivity index (χ2n) is 12.8. The van der Waals surface area contributed by atoms with Crippen molar-refractivity contribution in [3.05, 3.63) is 22.7 Å². The Morgan fingerprint density at radius 2 is 1.95 bits per heavy atom. The molecule has 4 aliphatic carbocycles. The summed E-state index contributed by atoms with van der Waals surface area (Å²) in [5, 5.41) is 32.8. The number of ether oxygens (including phenoxy) is 3. The van der Waals surface area contributed by atoms with Crippen molar-refractivity contribution >= 4 is 28.2 Å². The summed E-state index contributed by atoms with van der Waals surface area (Å²) >= 11 is 3.23. The lowest BCUT2D eigenvalue weighted by molar-refractivity contribution is -0.308. The number of aliphatic hydroxyl groups is 2. The van der Waals surface area contributed by atoms with Gasteiger partial charge >= 0.3 is 5.97 Å². The molecule has 8 nitrogen and oxygen atoms in total. The van der Waals surface area contributed by atoms with Crippen LogP contribution in [0.2, 0.25) is 0 Å². The topological polar surface area (TPSA) is 123 Å². The van der Waals surface area contributed by atoms with Crippen LogP contribution in [-0.2, 0) is 23.8 Å². The van der Waals surface area contributed by atoms with Gasteiger partial charge in [0, 0.05) is 9.90 Å². The third-order valence-corrected chi connectivity index (χ3v) is 11.1. The number of aliphatic carboxylic acids is 1. The van der Waals surface area contributed by atoms with Crippen molar-refractivity contribution in [1.29, 1.82) is 0 Å². The monoisotopic (exact) mass is 596 g/mol. The van der Waals surface area contributed by atoms with Crippen LogP contribution in [0, 0.1) is 45.8 Å². The smallest absolute Gasteiger partial charge is 0.315 e. The molecule has 4 bridgehead atoms. The number of aldehydes is 1. The van der Waals surface area contributed by atoms with E-state index in [0.717, 1.165) is 24.7 Å². The molecule has 0 aromatic carbocycles. The maximum atomic E-state index is 13.5. The molecule has 212 valence electrons. The van der Waals surface area contributed by atoms with Crippen LogP contribution in [0.5, 0.6) is 0 Å². The quantitative estimate of drug-likeness (QED) is 0.272. The normalized spacial score (nSPS) is 49.2. The van der Waals surface area contributed by atoms with Gasteiger partial charge < -0.3 is 34.3 Å². The van der Waals surface area contributed by atoms with Crippen molar-refractivity contribution in [2.24, 2.45) is 45.8 Å². The number of fused-ring (bicyclic) bond motifs is 2. The molecular weight excluding hydrogens is 556 g/mol. The lowest BCUT2D eigenvalue weighted by Crippen LogP contribution is -2.64. The number of allylic oxidation sites excluding steroid dienone is 1. The summed E-state index contributed by atoms with van der Waals surface area (Å²) in [6, 6.07) is 0. The summed E-state index contributed by atoms with van der Waals surface area (Å²) in [7, 11) is 0. The van der Waals surface area contributed by atoms with Crippen LogP contribution in [0.15, 0.2) is 22.7 Å². The van der Waals surface area contributed by atoms with Gasteiger partial charge in [-0.25, -0.2) is 0 Å². The Morgan fingerprint density at radius 1 is 1.24 bits per heavy atom. The number of aliphatic hydroxyl groups excluding tert-OH is 2. The van der Waals surface area contributed by atoms with Crippen LogP contribution in [0.4, 0.5) is 0 Å². The Hall–Kier alpha value is -1.10. The average Bonchev–Trinajstić information content (AvgIpc) is 3.42. The molecule has 38 heavy (non-hydrogen) atoms. The van der Waals surface area contributed by atoms with E-state index in [4.69, 9.17) is 14.2 Å². The van der Waals surface area contributed by atoms with Crippen LogP contribution < -0.4 is 0 Å². The van der Waals surface area contributed by atoms with Crippen LogP contribution in [0.1, 0.15) is 53.4 Å². The molecule has 5 rings (SSSR count). The second-order valence-corrected chi connectivity index (χ2v) is 13.9. The number of carbonyl (C=O) groups is 2. The Labute approximate surface area is 232 Å². The third-order valence-electron chi connectivity index (χ3n) is 10.8. The van der Waals surface area contributed by atoms with Gasteiger partial charge in [0.15, 0.2) is 6.29 Å². The maximum absolute atomic E-state index is 13.5. The van der Waals surface area contributed by atoms with Crippen LogP contribution in [0.25, 0.3) is 0 Å². The van der Waals surface area contributed by atoms with E-state index in [1.807, 2.05) is 13.8 Å². The van der Waals surface area contributed by atoms with Gasteiger partial charge in [-0.15, -0.1) is 0 Å². The average molecular weight is 598 g/mol. The molecule has 1 heterocycles. The summed E-state index contributed by atoms with van der Waals surface area (Å²) in [4.78, 5) is 26.7. The van der Waals surface area contributed by atoms with Gasteiger partial charge in [0.1, 0.15) is 30.0 Å². The fourth-order valence-corrected chi connectivity index (χ4v) is 9.56. The Morgan fingerprint density at radius 3 is 2.55 bits per heavy atom. The highest BCUT2D eigenvalue weighted by Crippen LogP contribution is 2.82. The molecule has 0 aromatic rings. The van der Waals surface area contributed by atoms with Crippen molar-refractivity contribution in [2.45, 2.75) is 84.1 Å². The number of carbonyl (C=O) groups excluding carboxylic acids is 1. The molecule has 5 aliphatic rings. The van der Waals surface area contributed by atoms with E-state index in [-0.39, 0.29) is 36.9 Å². The van der Waals surface area contributed by atoms with E-state index in [9.17, 15) is 24.9 Å². The molecule has 0 unspecified atom stereocenters. The minimum atomic E-state index is -1.38. The zero-order chi connectivity index (χ0) is 27.8. The summed E-state index contributed by atoms with van der Waals surface area (Å²) in [6.07, 6.45) is 0.950. The standard InChI is InChI=1S/C29H41BrO8/c1-14(2)21-8-18-9-27(12-31)20-7-6-15(3)19(20)10-28(18,29(21,27)26(34)35)13-37-25-23(33)22(32)24(17(5)38-25)36-11-16(4)30/h8,12,14-15,17-20,22-25,32-33H,4,6-7,9-11,13H2,1-3,5H3,(H,34,35)/t15-,17+,18+,19-,20-,22-,23-,24+,25+,27+,28+,29+/m0/s1. The molecule has 1 saturated heterocycles. The van der Waals surface area contributed by atoms with E-state index < -0.39 is 52.9 Å². The summed E-state index contributed by atoms with van der Waals surface area (Å²) in [5.41, 5.74) is -2.35. The fraction of sp³-hybridized carbons (Fsp3) is 0.793. The van der Waals surface area contributed by atoms with Gasteiger partial charge in [0.2, 0.25) is 0 Å². The molecule has 0 spiro atoms. The van der Waals surface area contributed by atoms with E-state index >= 15 is 0 Å². The number of hydrogen-bond acceptors (Lipinski definition) is 7. The molecule has 0 amide bonds. The number of rotatable bonds is 9. The van der Waals surface area contributed by atoms with Crippen molar-refractivity contribution in [1.82, 2.24) is 0 Å². The molecule has 1 aliphatic heterocycles. The van der Waals surface area contributed by atoms with E-state index in [1.165, 1.54) is 0 Å². The second kappa shape index (κ2) is 9.77. The predicted octanol–water partition coefficient (Wildman–Crippen LogP) is 3.69. The Kier molecular flexibility index (Phi) is 7.31. The minimum Gasteiger partial charge on any atom is -0.481 e. The van der Waals surface area contributed by atoms with Gasteiger partial charge in [-0.1, -0.05) is 61.4 Å². The molecule has 0 aromatic heterocycles. The largest absolute Gasteiger partial charge is 0.481 e. The lowest BCUT2D eigenvalue weighted by atomic mass is 9.43. The lowest BCUT2D eigenvalue weighted by Gasteiger charge is -2.58. The first-order valence-electron chi connectivity index (χ1n) is 13.9. The molecule has 3 N–H and O–H groups in total. The molecule has 4 fully saturated rings. The van der Waals surface area contributed by atoms with Crippen LogP contribution >= 0.6 is 15.9 Å². The van der Waals surface area contributed by atoms with Gasteiger partial charge in [-0.05, 0) is 55.8 Å². The van der Waals surface area contributed by atoms with Crippen LogP contribution in [0.3, 0.4) is 0 Å². The van der Waals surface area contributed by atoms with Crippen molar-refractivity contribution in [3.63, 3.8) is 0 Å². The van der Waals surface area contributed by atoms with Gasteiger partial charge in [0.05, 0.1) is 24.7 Å². The van der Waals surface area contributed by atoms with Gasteiger partial charge in [-0.2, -0.15) is 0 Å².